The lowest BCUT2D eigenvalue weighted by molar-refractivity contribution is 0.128. The van der Waals surface area contributed by atoms with Crippen molar-refractivity contribution < 1.29 is 9.53 Å². The van der Waals surface area contributed by atoms with Crippen LogP contribution in [0.3, 0.4) is 0 Å². The minimum absolute atomic E-state index is 0.316. The van der Waals surface area contributed by atoms with Crippen LogP contribution in [-0.4, -0.2) is 51.1 Å². The zero-order valence-electron chi connectivity index (χ0n) is 13.0. The van der Waals surface area contributed by atoms with Gasteiger partial charge in [-0.05, 0) is 24.6 Å². The summed E-state index contributed by atoms with van der Waals surface area (Å²) < 4.78 is 5.07. The number of carbonyl (C=O) groups excluding carboxylic acids is 1. The molecule has 0 radical (unpaired) electrons. The largest absolute Gasteiger partial charge is 0.385 e. The molecular weight excluding hydrogens is 268 g/mol. The lowest BCUT2D eigenvalue weighted by atomic mass is 9.89. The Balaban J connectivity index is 2.37. The average Bonchev–Trinajstić information content (AvgIpc) is 2.68. The van der Waals surface area contributed by atoms with Crippen molar-refractivity contribution in [3.05, 3.63) is 29.8 Å². The number of amides is 2. The molecule has 2 N–H and O–H groups in total. The fraction of sp³-hybridized carbons (Fsp3) is 0.467. The van der Waals surface area contributed by atoms with Crippen LogP contribution in [-0.2, 0) is 10.3 Å². The van der Waals surface area contributed by atoms with E-state index in [0.29, 0.717) is 19.0 Å². The maximum Gasteiger partial charge on any atom is 0.346 e. The Labute approximate surface area is 125 Å². The topological polar surface area (TPSA) is 71.2 Å². The van der Waals surface area contributed by atoms with Crippen molar-refractivity contribution in [1.29, 1.82) is 0 Å². The van der Waals surface area contributed by atoms with Crippen molar-refractivity contribution in [3.8, 4) is 0 Å². The Morgan fingerprint density at radius 1 is 1.33 bits per heavy atom. The van der Waals surface area contributed by atoms with E-state index in [-0.39, 0.29) is 6.03 Å². The van der Waals surface area contributed by atoms with Gasteiger partial charge in [0.15, 0.2) is 0 Å². The van der Waals surface area contributed by atoms with E-state index in [0.717, 1.165) is 11.3 Å². The summed E-state index contributed by atoms with van der Waals surface area (Å²) in [4.78, 5) is 19.6. The van der Waals surface area contributed by atoms with Gasteiger partial charge < -0.3 is 20.3 Å². The normalized spacial score (nSPS) is 21.6. The van der Waals surface area contributed by atoms with E-state index in [1.54, 1.807) is 12.0 Å². The van der Waals surface area contributed by atoms with Gasteiger partial charge in [0.25, 0.3) is 0 Å². The van der Waals surface area contributed by atoms with E-state index in [9.17, 15) is 4.79 Å². The molecule has 6 heteroatoms. The van der Waals surface area contributed by atoms with Gasteiger partial charge in [-0.15, -0.1) is 0 Å². The standard InChI is InChI=1S/C15H22N4O2/c1-15(11-5-7-12(8-6-11)18(2)3)13(16)17-14(20)19(15)9-10-21-4/h5-8H,9-10H2,1-4H3,(H2,16,17,20). The smallest absolute Gasteiger partial charge is 0.346 e. The number of anilines is 1. The lowest BCUT2D eigenvalue weighted by Gasteiger charge is -2.35. The van der Waals surface area contributed by atoms with Gasteiger partial charge in [-0.2, -0.15) is 4.99 Å². The Kier molecular flexibility index (Phi) is 4.18. The van der Waals surface area contributed by atoms with Crippen molar-refractivity contribution >= 4 is 17.6 Å². The van der Waals surface area contributed by atoms with Crippen LogP contribution in [0.1, 0.15) is 12.5 Å². The molecular formula is C15H22N4O2. The molecule has 1 aromatic rings. The van der Waals surface area contributed by atoms with Gasteiger partial charge in [0, 0.05) is 33.4 Å². The van der Waals surface area contributed by atoms with Gasteiger partial charge >= 0.3 is 6.03 Å². The van der Waals surface area contributed by atoms with E-state index in [1.807, 2.05) is 50.2 Å². The minimum atomic E-state index is -0.722. The third kappa shape index (κ3) is 2.58. The molecule has 2 rings (SSSR count). The van der Waals surface area contributed by atoms with Crippen molar-refractivity contribution in [3.63, 3.8) is 0 Å². The molecule has 1 unspecified atom stereocenters. The second-order valence-electron chi connectivity index (χ2n) is 5.44. The highest BCUT2D eigenvalue weighted by atomic mass is 16.5. The van der Waals surface area contributed by atoms with Crippen LogP contribution in [0.15, 0.2) is 29.3 Å². The zero-order chi connectivity index (χ0) is 15.6. The Morgan fingerprint density at radius 3 is 2.48 bits per heavy atom. The summed E-state index contributed by atoms with van der Waals surface area (Å²) >= 11 is 0. The summed E-state index contributed by atoms with van der Waals surface area (Å²) in [5, 5.41) is 0. The fourth-order valence-corrected chi connectivity index (χ4v) is 2.49. The number of methoxy groups -OCH3 is 1. The fourth-order valence-electron chi connectivity index (χ4n) is 2.49. The molecule has 21 heavy (non-hydrogen) atoms. The number of nitrogens with two attached hydrogens (primary N) is 1. The highest BCUT2D eigenvalue weighted by Crippen LogP contribution is 2.34. The summed E-state index contributed by atoms with van der Waals surface area (Å²) in [5.74, 6) is 0.321. The molecule has 0 fully saturated rings. The third-order valence-electron chi connectivity index (χ3n) is 3.95. The van der Waals surface area contributed by atoms with Crippen LogP contribution in [0.25, 0.3) is 0 Å². The van der Waals surface area contributed by atoms with Crippen molar-refractivity contribution in [1.82, 2.24) is 4.90 Å². The van der Waals surface area contributed by atoms with Gasteiger partial charge in [0.1, 0.15) is 11.4 Å². The number of hydrogen-bond donors (Lipinski definition) is 1. The monoisotopic (exact) mass is 290 g/mol. The highest BCUT2D eigenvalue weighted by molar-refractivity contribution is 6.06. The molecule has 1 aliphatic rings. The number of aliphatic imine (C=N–C) groups is 1. The van der Waals surface area contributed by atoms with Crippen LogP contribution in [0.5, 0.6) is 0 Å². The van der Waals surface area contributed by atoms with Crippen molar-refractivity contribution in [2.75, 3.05) is 39.3 Å². The third-order valence-corrected chi connectivity index (χ3v) is 3.95. The number of urea groups is 1. The van der Waals surface area contributed by atoms with E-state index in [4.69, 9.17) is 10.5 Å². The summed E-state index contributed by atoms with van der Waals surface area (Å²) in [7, 11) is 5.57. The molecule has 2 amide bonds. The Bertz CT molecular complexity index is 553. The maximum atomic E-state index is 12.0. The first-order valence-electron chi connectivity index (χ1n) is 6.84. The second-order valence-corrected chi connectivity index (χ2v) is 5.44. The molecule has 0 saturated carbocycles. The second kappa shape index (κ2) is 5.73. The van der Waals surface area contributed by atoms with E-state index in [2.05, 4.69) is 4.99 Å². The highest BCUT2D eigenvalue weighted by Gasteiger charge is 2.45. The molecule has 0 aromatic heterocycles. The van der Waals surface area contributed by atoms with Crippen LogP contribution in [0, 0.1) is 0 Å². The molecule has 1 aromatic carbocycles. The average molecular weight is 290 g/mol. The van der Waals surface area contributed by atoms with E-state index < -0.39 is 5.54 Å². The molecule has 114 valence electrons. The van der Waals surface area contributed by atoms with Crippen LogP contribution < -0.4 is 10.6 Å². The minimum Gasteiger partial charge on any atom is -0.385 e. The summed E-state index contributed by atoms with van der Waals surface area (Å²) in [6.07, 6.45) is 0. The Morgan fingerprint density at radius 2 is 1.95 bits per heavy atom. The number of amidine groups is 1. The van der Waals surface area contributed by atoms with E-state index >= 15 is 0 Å². The molecule has 1 aliphatic heterocycles. The molecule has 6 nitrogen and oxygen atoms in total. The van der Waals surface area contributed by atoms with Gasteiger partial charge in [-0.25, -0.2) is 4.79 Å². The van der Waals surface area contributed by atoms with Crippen LogP contribution in [0.2, 0.25) is 0 Å². The van der Waals surface area contributed by atoms with Gasteiger partial charge in [-0.3, -0.25) is 0 Å². The molecule has 0 spiro atoms. The summed E-state index contributed by atoms with van der Waals surface area (Å²) in [6.45, 7) is 2.81. The number of ether oxygens (including phenoxy) is 1. The number of hydrogen-bond acceptors (Lipinski definition) is 4. The molecule has 0 aliphatic carbocycles. The maximum absolute atomic E-state index is 12.0. The number of rotatable bonds is 5. The lowest BCUT2D eigenvalue weighted by Crippen LogP contribution is -2.50. The van der Waals surface area contributed by atoms with Crippen LogP contribution >= 0.6 is 0 Å². The Hall–Kier alpha value is -2.08. The molecule has 1 heterocycles. The van der Waals surface area contributed by atoms with E-state index in [1.165, 1.54) is 0 Å². The summed E-state index contributed by atoms with van der Waals surface area (Å²) in [5.41, 5.74) is 7.34. The van der Waals surface area contributed by atoms with Gasteiger partial charge in [0.05, 0.1) is 6.61 Å². The summed E-state index contributed by atoms with van der Waals surface area (Å²) in [6, 6.07) is 7.66. The number of nitrogens with zero attached hydrogens (tertiary/aromatic N) is 3. The van der Waals surface area contributed by atoms with Crippen molar-refractivity contribution in [2.24, 2.45) is 10.7 Å². The number of benzene rings is 1. The van der Waals surface area contributed by atoms with Gasteiger partial charge in [0.2, 0.25) is 0 Å². The SMILES string of the molecule is COCCN1C(=O)N=C(N)C1(C)c1ccc(N(C)C)cc1. The number of carbonyl (C=O) groups is 1. The first-order chi connectivity index (χ1) is 9.91. The quantitative estimate of drug-likeness (QED) is 0.890. The predicted octanol–water partition coefficient (Wildman–Crippen LogP) is 1.41. The molecule has 1 atom stereocenters. The molecule has 0 bridgehead atoms. The predicted molar refractivity (Wildman–Crippen MR) is 83.7 cm³/mol. The zero-order valence-corrected chi connectivity index (χ0v) is 13.0. The van der Waals surface area contributed by atoms with Gasteiger partial charge in [-0.1, -0.05) is 12.1 Å². The first kappa shape index (κ1) is 15.3. The molecule has 0 saturated heterocycles. The van der Waals surface area contributed by atoms with Crippen molar-refractivity contribution in [2.45, 2.75) is 12.5 Å². The van der Waals surface area contributed by atoms with Crippen LogP contribution in [0.4, 0.5) is 10.5 Å². The first-order valence-corrected chi connectivity index (χ1v) is 6.84.